The van der Waals surface area contributed by atoms with Crippen LogP contribution in [0.5, 0.6) is 0 Å². The average molecular weight is 341 g/mol. The van der Waals surface area contributed by atoms with Crippen molar-refractivity contribution in [2.75, 3.05) is 5.32 Å². The summed E-state index contributed by atoms with van der Waals surface area (Å²) in [4.78, 5) is 36.2. The van der Waals surface area contributed by atoms with Crippen LogP contribution in [0.2, 0.25) is 0 Å². The second-order valence-electron chi connectivity index (χ2n) is 7.26. The number of ketones is 1. The molecule has 0 spiro atoms. The number of allylic oxidation sites excluding steroid dienone is 2. The third kappa shape index (κ3) is 2.99. The van der Waals surface area contributed by atoms with E-state index in [4.69, 9.17) is 0 Å². The van der Waals surface area contributed by atoms with Gasteiger partial charge in [0.25, 0.3) is 0 Å². The maximum Gasteiger partial charge on any atom is 0.307 e. The van der Waals surface area contributed by atoms with Crippen LogP contribution in [0, 0.1) is 23.7 Å². The molecule has 0 aliphatic heterocycles. The Kier molecular flexibility index (Phi) is 4.50. The van der Waals surface area contributed by atoms with Gasteiger partial charge < -0.3 is 10.4 Å². The molecule has 2 fully saturated rings. The quantitative estimate of drug-likeness (QED) is 0.648. The first kappa shape index (κ1) is 17.4. The second-order valence-corrected chi connectivity index (χ2v) is 7.26. The van der Waals surface area contributed by atoms with Crippen LogP contribution in [0.3, 0.4) is 0 Å². The summed E-state index contributed by atoms with van der Waals surface area (Å²) < 4.78 is 0. The van der Waals surface area contributed by atoms with Crippen molar-refractivity contribution in [1.29, 1.82) is 0 Å². The number of carboxylic acids is 1. The van der Waals surface area contributed by atoms with Gasteiger partial charge in [-0.25, -0.2) is 0 Å². The van der Waals surface area contributed by atoms with Crippen LogP contribution in [0.25, 0.3) is 0 Å². The Morgan fingerprint density at radius 2 is 1.68 bits per heavy atom. The minimum atomic E-state index is -0.899. The summed E-state index contributed by atoms with van der Waals surface area (Å²) in [5, 5.41) is 12.5. The standard InChI is InChI=1S/C20H23NO4/c1-10(2)16-14-7-8-15(16)18(20(24)25)17(14)19(23)21-13-6-4-5-12(9-13)11(3)22/h4-6,9,14-15,17-18H,7-8H2,1-3H3,(H,21,23)(H,24,25)/t14-,15-,17-,18-/m0/s1. The zero-order valence-corrected chi connectivity index (χ0v) is 14.7. The maximum absolute atomic E-state index is 12.9. The van der Waals surface area contributed by atoms with Gasteiger partial charge in [0.15, 0.2) is 5.78 Å². The lowest BCUT2D eigenvalue weighted by atomic mass is 9.78. The second kappa shape index (κ2) is 6.47. The Morgan fingerprint density at radius 3 is 2.24 bits per heavy atom. The molecule has 0 aromatic heterocycles. The highest BCUT2D eigenvalue weighted by Gasteiger charge is 2.57. The summed E-state index contributed by atoms with van der Waals surface area (Å²) in [6, 6.07) is 6.75. The van der Waals surface area contributed by atoms with E-state index in [1.807, 2.05) is 13.8 Å². The van der Waals surface area contributed by atoms with E-state index in [-0.39, 0.29) is 23.5 Å². The predicted molar refractivity (Wildman–Crippen MR) is 94.3 cm³/mol. The zero-order chi connectivity index (χ0) is 18.3. The van der Waals surface area contributed by atoms with Crippen molar-refractivity contribution in [3.8, 4) is 0 Å². The molecule has 1 aromatic carbocycles. The Morgan fingerprint density at radius 1 is 1.04 bits per heavy atom. The monoisotopic (exact) mass is 341 g/mol. The maximum atomic E-state index is 12.9. The number of carboxylic acid groups (broad SMARTS) is 1. The van der Waals surface area contributed by atoms with Crippen molar-refractivity contribution in [3.05, 3.63) is 41.0 Å². The fourth-order valence-corrected chi connectivity index (χ4v) is 4.65. The van der Waals surface area contributed by atoms with Crippen molar-refractivity contribution in [2.24, 2.45) is 23.7 Å². The number of benzene rings is 1. The Balaban J connectivity index is 1.88. The van der Waals surface area contributed by atoms with Crippen molar-refractivity contribution in [1.82, 2.24) is 0 Å². The summed E-state index contributed by atoms with van der Waals surface area (Å²) in [5.74, 6) is -2.49. The first-order valence-electron chi connectivity index (χ1n) is 8.63. The number of fused-ring (bicyclic) bond motifs is 2. The number of carbonyl (C=O) groups is 3. The number of aliphatic carboxylic acids is 1. The van der Waals surface area contributed by atoms with Gasteiger partial charge in [-0.3, -0.25) is 14.4 Å². The zero-order valence-electron chi connectivity index (χ0n) is 14.7. The fraction of sp³-hybridized carbons (Fsp3) is 0.450. The molecule has 1 aromatic rings. The van der Waals surface area contributed by atoms with Crippen LogP contribution < -0.4 is 5.32 Å². The van der Waals surface area contributed by atoms with Crippen LogP contribution in [-0.2, 0) is 9.59 Å². The lowest BCUT2D eigenvalue weighted by Crippen LogP contribution is -2.37. The van der Waals surface area contributed by atoms with Gasteiger partial charge in [-0.1, -0.05) is 23.3 Å². The summed E-state index contributed by atoms with van der Waals surface area (Å²) >= 11 is 0. The van der Waals surface area contributed by atoms with Crippen LogP contribution in [0.15, 0.2) is 35.4 Å². The molecule has 2 saturated carbocycles. The molecule has 2 aliphatic rings. The normalized spacial score (nSPS) is 27.2. The Labute approximate surface area is 147 Å². The molecule has 5 heteroatoms. The highest BCUT2D eigenvalue weighted by Crippen LogP contribution is 2.57. The number of anilines is 1. The first-order valence-corrected chi connectivity index (χ1v) is 8.63. The highest BCUT2D eigenvalue weighted by molar-refractivity contribution is 5.99. The SMILES string of the molecule is CC(=O)c1cccc(NC(=O)[C@@H]2[C@@H](C(=O)O)[C@H]3CC[C@H]2C3=C(C)C)c1. The van der Waals surface area contributed by atoms with Crippen molar-refractivity contribution < 1.29 is 19.5 Å². The smallest absolute Gasteiger partial charge is 0.307 e. The molecule has 0 unspecified atom stereocenters. The molecule has 0 radical (unpaired) electrons. The average Bonchev–Trinajstić information content (AvgIpc) is 3.11. The molecule has 2 bridgehead atoms. The van der Waals surface area contributed by atoms with Crippen LogP contribution >= 0.6 is 0 Å². The van der Waals surface area contributed by atoms with E-state index in [9.17, 15) is 19.5 Å². The molecule has 5 nitrogen and oxygen atoms in total. The highest BCUT2D eigenvalue weighted by atomic mass is 16.4. The number of rotatable bonds is 4. The molecule has 2 N–H and O–H groups in total. The van der Waals surface area contributed by atoms with Crippen LogP contribution in [0.1, 0.15) is 44.0 Å². The summed E-state index contributed by atoms with van der Waals surface area (Å²) in [6.45, 7) is 5.46. The van der Waals surface area contributed by atoms with Gasteiger partial charge in [0, 0.05) is 11.3 Å². The number of nitrogens with one attached hydrogen (secondary N) is 1. The van der Waals surface area contributed by atoms with Crippen LogP contribution in [0.4, 0.5) is 5.69 Å². The van der Waals surface area contributed by atoms with Gasteiger partial charge in [-0.2, -0.15) is 0 Å². The predicted octanol–water partition coefficient (Wildman–Crippen LogP) is 3.52. The molecule has 132 valence electrons. The largest absolute Gasteiger partial charge is 0.481 e. The topological polar surface area (TPSA) is 83.5 Å². The third-order valence-electron chi connectivity index (χ3n) is 5.54. The lowest BCUT2D eigenvalue weighted by molar-refractivity contribution is -0.148. The first-order chi connectivity index (χ1) is 11.8. The van der Waals surface area contributed by atoms with E-state index in [2.05, 4.69) is 5.32 Å². The summed E-state index contributed by atoms with van der Waals surface area (Å²) in [7, 11) is 0. The molecule has 0 saturated heterocycles. The minimum absolute atomic E-state index is 0.00656. The van der Waals surface area contributed by atoms with Crippen LogP contribution in [-0.4, -0.2) is 22.8 Å². The van der Waals surface area contributed by atoms with Gasteiger partial charge in [0.05, 0.1) is 11.8 Å². The molecule has 3 rings (SSSR count). The molecule has 4 atom stereocenters. The molecule has 1 amide bonds. The van der Waals surface area contributed by atoms with Gasteiger partial charge in [-0.05, 0) is 57.6 Å². The van der Waals surface area contributed by atoms with Gasteiger partial charge in [-0.15, -0.1) is 0 Å². The number of hydrogen-bond acceptors (Lipinski definition) is 3. The lowest BCUT2D eigenvalue weighted by Gasteiger charge is -2.26. The van der Waals surface area contributed by atoms with E-state index < -0.39 is 17.8 Å². The number of amides is 1. The number of Topliss-reactive ketones (excluding diaryl/α,β-unsaturated/α-hetero) is 1. The number of carbonyl (C=O) groups excluding carboxylic acids is 2. The molecule has 25 heavy (non-hydrogen) atoms. The van der Waals surface area contributed by atoms with Crippen molar-refractivity contribution >= 4 is 23.3 Å². The molecular formula is C20H23NO4. The van der Waals surface area contributed by atoms with E-state index in [1.165, 1.54) is 6.92 Å². The molecule has 0 heterocycles. The minimum Gasteiger partial charge on any atom is -0.481 e. The fourth-order valence-electron chi connectivity index (χ4n) is 4.65. The third-order valence-corrected chi connectivity index (χ3v) is 5.54. The van der Waals surface area contributed by atoms with Crippen molar-refractivity contribution in [2.45, 2.75) is 33.6 Å². The number of hydrogen-bond donors (Lipinski definition) is 2. The molecular weight excluding hydrogens is 318 g/mol. The van der Waals surface area contributed by atoms with E-state index in [1.54, 1.807) is 24.3 Å². The summed E-state index contributed by atoms with van der Waals surface area (Å²) in [5.41, 5.74) is 3.34. The Hall–Kier alpha value is -2.43. The van der Waals surface area contributed by atoms with Gasteiger partial charge in [0.1, 0.15) is 0 Å². The van der Waals surface area contributed by atoms with E-state index in [0.29, 0.717) is 11.3 Å². The van der Waals surface area contributed by atoms with Crippen molar-refractivity contribution in [3.63, 3.8) is 0 Å². The van der Waals surface area contributed by atoms with Gasteiger partial charge >= 0.3 is 5.97 Å². The van der Waals surface area contributed by atoms with E-state index >= 15 is 0 Å². The van der Waals surface area contributed by atoms with Gasteiger partial charge in [0.2, 0.25) is 5.91 Å². The summed E-state index contributed by atoms with van der Waals surface area (Å²) in [6.07, 6.45) is 1.70. The Bertz CT molecular complexity index is 776. The van der Waals surface area contributed by atoms with E-state index in [0.717, 1.165) is 24.0 Å². The molecule has 2 aliphatic carbocycles.